The molecule has 0 aliphatic carbocycles. The molecule has 2 aromatic heterocycles. The number of fused-ring (bicyclic) bond motifs is 1. The fourth-order valence-corrected chi connectivity index (χ4v) is 6.87. The summed E-state index contributed by atoms with van der Waals surface area (Å²) in [5, 5.41) is 9.95. The van der Waals surface area contributed by atoms with Gasteiger partial charge in [0.25, 0.3) is 0 Å². The Morgan fingerprint density at radius 2 is 1.72 bits per heavy atom. The Hall–Kier alpha value is -3.50. The highest BCUT2D eigenvalue weighted by Crippen LogP contribution is 2.35. The van der Waals surface area contributed by atoms with Gasteiger partial charge in [-0.1, -0.05) is 18.9 Å². The SMILES string of the molecule is CC(Cc1cc(F)cc(F)c1)c1nc2nc(C#CC(C)(C)O[Si](C)(C)C)sc2cc1-c1ccc(F)c(C#N)c1. The average molecular weight is 564 g/mol. The Labute approximate surface area is 231 Å². The lowest BCUT2D eigenvalue weighted by molar-refractivity contribution is 0.164. The van der Waals surface area contributed by atoms with Crippen molar-refractivity contribution in [1.82, 2.24) is 9.97 Å². The molecule has 0 saturated carbocycles. The Morgan fingerprint density at radius 1 is 1.03 bits per heavy atom. The maximum absolute atomic E-state index is 14.1. The Morgan fingerprint density at radius 3 is 2.36 bits per heavy atom. The van der Waals surface area contributed by atoms with Gasteiger partial charge in [-0.2, -0.15) is 5.26 Å². The van der Waals surface area contributed by atoms with E-state index in [0.29, 0.717) is 39.5 Å². The van der Waals surface area contributed by atoms with Crippen molar-refractivity contribution in [2.75, 3.05) is 0 Å². The number of nitriles is 1. The van der Waals surface area contributed by atoms with Gasteiger partial charge in [0.1, 0.15) is 29.1 Å². The largest absolute Gasteiger partial charge is 0.402 e. The molecule has 4 aromatic rings. The van der Waals surface area contributed by atoms with E-state index in [1.165, 1.54) is 35.6 Å². The minimum absolute atomic E-state index is 0.0844. The zero-order valence-electron chi connectivity index (χ0n) is 22.6. The molecule has 0 N–H and O–H groups in total. The number of thiazole rings is 1. The second kappa shape index (κ2) is 10.9. The molecule has 4 nitrogen and oxygen atoms in total. The van der Waals surface area contributed by atoms with Gasteiger partial charge < -0.3 is 4.43 Å². The molecule has 0 radical (unpaired) electrons. The highest BCUT2D eigenvalue weighted by molar-refractivity contribution is 7.19. The van der Waals surface area contributed by atoms with Crippen molar-refractivity contribution in [1.29, 1.82) is 5.26 Å². The number of rotatable bonds is 6. The summed E-state index contributed by atoms with van der Waals surface area (Å²) in [6, 6.07) is 11.5. The standard InChI is InChI=1S/C30H28F3N3OSSi/c1-18(11-19-12-22(31)15-23(32)13-19)28-24(20-7-8-25(33)21(14-20)17-34)16-26-29(36-28)35-27(38-26)9-10-30(2,3)37-39(4,5)6/h7-8,12-16,18H,11H2,1-6H3. The van der Waals surface area contributed by atoms with Crippen molar-refractivity contribution in [3.05, 3.63) is 81.7 Å². The summed E-state index contributed by atoms with van der Waals surface area (Å²) in [4.78, 5) is 9.47. The number of hydrogen-bond acceptors (Lipinski definition) is 5. The maximum atomic E-state index is 14.1. The van der Waals surface area contributed by atoms with E-state index in [-0.39, 0.29) is 11.5 Å². The maximum Gasteiger partial charge on any atom is 0.185 e. The summed E-state index contributed by atoms with van der Waals surface area (Å²) >= 11 is 1.38. The third kappa shape index (κ3) is 7.13. The third-order valence-corrected chi connectivity index (χ3v) is 7.80. The van der Waals surface area contributed by atoms with Crippen molar-refractivity contribution >= 4 is 30.0 Å². The highest BCUT2D eigenvalue weighted by Gasteiger charge is 2.25. The van der Waals surface area contributed by atoms with E-state index in [9.17, 15) is 18.4 Å². The molecule has 2 heterocycles. The van der Waals surface area contributed by atoms with Crippen LogP contribution in [0, 0.1) is 40.6 Å². The van der Waals surface area contributed by atoms with Crippen LogP contribution >= 0.6 is 11.3 Å². The van der Waals surface area contributed by atoms with Crippen LogP contribution in [-0.2, 0) is 10.8 Å². The molecule has 4 rings (SSSR count). The van der Waals surface area contributed by atoms with E-state index >= 15 is 0 Å². The van der Waals surface area contributed by atoms with Gasteiger partial charge in [-0.3, -0.25) is 0 Å². The monoisotopic (exact) mass is 563 g/mol. The van der Waals surface area contributed by atoms with Gasteiger partial charge in [-0.15, -0.1) is 11.3 Å². The lowest BCUT2D eigenvalue weighted by Crippen LogP contribution is -2.37. The molecule has 9 heteroatoms. The number of nitrogens with zero attached hydrogens (tertiary/aromatic N) is 3. The summed E-state index contributed by atoms with van der Waals surface area (Å²) in [5.74, 6) is 4.11. The van der Waals surface area contributed by atoms with Gasteiger partial charge in [-0.05, 0) is 87.3 Å². The smallest absolute Gasteiger partial charge is 0.185 e. The zero-order valence-corrected chi connectivity index (χ0v) is 24.4. The second-order valence-corrected chi connectivity index (χ2v) is 16.4. The predicted molar refractivity (Wildman–Crippen MR) is 151 cm³/mol. The number of benzene rings is 2. The molecular weight excluding hydrogens is 535 g/mol. The first-order valence-electron chi connectivity index (χ1n) is 12.4. The molecule has 0 spiro atoms. The molecule has 0 bridgehead atoms. The van der Waals surface area contributed by atoms with E-state index in [4.69, 9.17) is 9.41 Å². The van der Waals surface area contributed by atoms with Crippen molar-refractivity contribution < 1.29 is 17.6 Å². The third-order valence-electron chi connectivity index (χ3n) is 5.77. The van der Waals surface area contributed by atoms with E-state index in [0.717, 1.165) is 10.8 Å². The molecule has 2 aromatic carbocycles. The quantitative estimate of drug-likeness (QED) is 0.176. The van der Waals surface area contributed by atoms with Crippen LogP contribution in [0.25, 0.3) is 21.5 Å². The van der Waals surface area contributed by atoms with E-state index < -0.39 is 31.4 Å². The number of halogens is 3. The van der Waals surface area contributed by atoms with Crippen molar-refractivity contribution in [2.45, 2.75) is 58.4 Å². The molecule has 39 heavy (non-hydrogen) atoms. The van der Waals surface area contributed by atoms with Crippen LogP contribution in [0.4, 0.5) is 13.2 Å². The summed E-state index contributed by atoms with van der Waals surface area (Å²) in [5.41, 5.74) is 2.18. The summed E-state index contributed by atoms with van der Waals surface area (Å²) in [6.07, 6.45) is 0.311. The van der Waals surface area contributed by atoms with Crippen molar-refractivity contribution in [3.8, 4) is 29.0 Å². The Bertz CT molecular complexity index is 1640. The fourth-order valence-electron chi connectivity index (χ4n) is 4.49. The van der Waals surface area contributed by atoms with Crippen LogP contribution in [0.15, 0.2) is 42.5 Å². The van der Waals surface area contributed by atoms with Crippen LogP contribution in [0.1, 0.15) is 48.5 Å². The molecule has 200 valence electrons. The Kier molecular flexibility index (Phi) is 7.99. The molecule has 0 amide bonds. The molecule has 0 fully saturated rings. The average Bonchev–Trinajstić information content (AvgIpc) is 3.22. The molecule has 1 atom stereocenters. The summed E-state index contributed by atoms with van der Waals surface area (Å²) in [7, 11) is -1.81. The lowest BCUT2D eigenvalue weighted by Gasteiger charge is -2.28. The first-order valence-corrected chi connectivity index (χ1v) is 16.7. The van der Waals surface area contributed by atoms with E-state index in [1.807, 2.05) is 32.9 Å². The van der Waals surface area contributed by atoms with Gasteiger partial charge in [0, 0.05) is 17.5 Å². The summed E-state index contributed by atoms with van der Waals surface area (Å²) < 4.78 is 48.8. The number of aromatic nitrogens is 2. The van der Waals surface area contributed by atoms with E-state index in [1.54, 1.807) is 6.07 Å². The zero-order chi connectivity index (χ0) is 28.5. The topological polar surface area (TPSA) is 58.8 Å². The van der Waals surface area contributed by atoms with Crippen LogP contribution in [-0.4, -0.2) is 23.9 Å². The molecule has 0 saturated heterocycles. The number of pyridine rings is 1. The minimum atomic E-state index is -1.81. The molecule has 0 aliphatic heterocycles. The second-order valence-electron chi connectivity index (χ2n) is 10.9. The van der Waals surface area contributed by atoms with Gasteiger partial charge in [0.05, 0.1) is 16.0 Å². The fraction of sp³-hybridized carbons (Fsp3) is 0.300. The van der Waals surface area contributed by atoms with Gasteiger partial charge >= 0.3 is 0 Å². The normalized spacial score (nSPS) is 12.6. The number of hydrogen-bond donors (Lipinski definition) is 0. The first kappa shape index (κ1) is 28.5. The predicted octanol–water partition coefficient (Wildman–Crippen LogP) is 7.98. The van der Waals surface area contributed by atoms with Crippen LogP contribution in [0.2, 0.25) is 19.6 Å². The van der Waals surface area contributed by atoms with Crippen molar-refractivity contribution in [2.24, 2.45) is 0 Å². The first-order chi connectivity index (χ1) is 18.2. The van der Waals surface area contributed by atoms with Crippen molar-refractivity contribution in [3.63, 3.8) is 0 Å². The van der Waals surface area contributed by atoms with Crippen LogP contribution in [0.3, 0.4) is 0 Å². The van der Waals surface area contributed by atoms with Gasteiger partial charge in [0.15, 0.2) is 19.0 Å². The van der Waals surface area contributed by atoms with Crippen LogP contribution in [0.5, 0.6) is 0 Å². The highest BCUT2D eigenvalue weighted by atomic mass is 32.1. The molecule has 1 unspecified atom stereocenters. The minimum Gasteiger partial charge on any atom is -0.402 e. The summed E-state index contributed by atoms with van der Waals surface area (Å²) in [6.45, 7) is 12.1. The Balaban J connectivity index is 1.81. The lowest BCUT2D eigenvalue weighted by atomic mass is 9.91. The van der Waals surface area contributed by atoms with Gasteiger partial charge in [0.2, 0.25) is 0 Å². The van der Waals surface area contributed by atoms with Crippen LogP contribution < -0.4 is 0 Å². The van der Waals surface area contributed by atoms with E-state index in [2.05, 4.69) is 36.5 Å². The van der Waals surface area contributed by atoms with Gasteiger partial charge in [-0.25, -0.2) is 23.1 Å². The molecule has 0 aliphatic rings. The molecular formula is C30H28F3N3OSSi.